The molecule has 4 nitrogen and oxygen atoms in total. The highest BCUT2D eigenvalue weighted by molar-refractivity contribution is 5.81. The molecule has 1 aromatic carbocycles. The summed E-state index contributed by atoms with van der Waals surface area (Å²) in [5, 5.41) is 3.38. The van der Waals surface area contributed by atoms with Crippen molar-refractivity contribution in [3.8, 4) is 5.75 Å². The molecule has 0 saturated carbocycles. The minimum Gasteiger partial charge on any atom is -0.494 e. The molecule has 0 aromatic heterocycles. The van der Waals surface area contributed by atoms with Gasteiger partial charge in [-0.05, 0) is 30.5 Å². The number of nitrogens with zero attached hydrogens (tertiary/aromatic N) is 2. The maximum atomic E-state index is 5.64. The summed E-state index contributed by atoms with van der Waals surface area (Å²) in [6.07, 6.45) is 2.02. The van der Waals surface area contributed by atoms with E-state index in [1.165, 1.54) is 5.56 Å². The second-order valence-electron chi connectivity index (χ2n) is 4.80. The quantitative estimate of drug-likeness (QED) is 0.850. The third-order valence-corrected chi connectivity index (χ3v) is 3.13. The van der Waals surface area contributed by atoms with E-state index in [1.807, 2.05) is 6.07 Å². The molecule has 0 spiro atoms. The van der Waals surface area contributed by atoms with Gasteiger partial charge >= 0.3 is 0 Å². The Morgan fingerprint density at radius 2 is 2.32 bits per heavy atom. The minimum absolute atomic E-state index is 0.781. The second-order valence-corrected chi connectivity index (χ2v) is 4.80. The first-order valence-corrected chi connectivity index (χ1v) is 7.01. The molecular weight excluding hydrogens is 238 g/mol. The van der Waals surface area contributed by atoms with Gasteiger partial charge in [0.25, 0.3) is 0 Å². The molecule has 4 heteroatoms. The summed E-state index contributed by atoms with van der Waals surface area (Å²) >= 11 is 0. The fourth-order valence-electron chi connectivity index (χ4n) is 2.05. The van der Waals surface area contributed by atoms with Crippen molar-refractivity contribution in [2.45, 2.75) is 19.8 Å². The Labute approximate surface area is 115 Å². The highest BCUT2D eigenvalue weighted by atomic mass is 16.5. The van der Waals surface area contributed by atoms with Crippen molar-refractivity contribution in [3.05, 3.63) is 29.8 Å². The van der Waals surface area contributed by atoms with Crippen LogP contribution in [0.3, 0.4) is 0 Å². The monoisotopic (exact) mass is 261 g/mol. The van der Waals surface area contributed by atoms with Gasteiger partial charge in [-0.2, -0.15) is 0 Å². The van der Waals surface area contributed by atoms with Crippen LogP contribution in [-0.2, 0) is 6.42 Å². The Morgan fingerprint density at radius 1 is 1.42 bits per heavy atom. The number of likely N-dealkylation sites (N-methyl/N-ethyl adjacent to an activating group) is 1. The Hall–Kier alpha value is -1.71. The van der Waals surface area contributed by atoms with Crippen LogP contribution in [0.15, 0.2) is 29.3 Å². The fourth-order valence-corrected chi connectivity index (χ4v) is 2.05. The number of nitrogens with one attached hydrogen (secondary N) is 1. The minimum atomic E-state index is 0.781. The summed E-state index contributed by atoms with van der Waals surface area (Å²) in [7, 11) is 2.07. The van der Waals surface area contributed by atoms with E-state index in [-0.39, 0.29) is 0 Å². The molecule has 1 heterocycles. The first-order valence-electron chi connectivity index (χ1n) is 7.01. The van der Waals surface area contributed by atoms with E-state index < -0.39 is 0 Å². The maximum Gasteiger partial charge on any atom is 0.193 e. The van der Waals surface area contributed by atoms with Gasteiger partial charge in [0, 0.05) is 20.1 Å². The van der Waals surface area contributed by atoms with Crippen molar-refractivity contribution in [1.82, 2.24) is 10.2 Å². The first-order chi connectivity index (χ1) is 9.29. The normalized spacial score (nSPS) is 14.4. The molecule has 1 N–H and O–H groups in total. The average Bonchev–Trinajstić information content (AvgIpc) is 2.83. The van der Waals surface area contributed by atoms with Gasteiger partial charge in [0.1, 0.15) is 5.75 Å². The van der Waals surface area contributed by atoms with Gasteiger partial charge in [0.2, 0.25) is 0 Å². The Kier molecular flexibility index (Phi) is 5.07. The highest BCUT2D eigenvalue weighted by Gasteiger charge is 2.10. The van der Waals surface area contributed by atoms with E-state index in [0.717, 1.165) is 50.8 Å². The number of aliphatic imine (C=N–C) groups is 1. The maximum absolute atomic E-state index is 5.64. The number of benzene rings is 1. The summed E-state index contributed by atoms with van der Waals surface area (Å²) in [6.45, 7) is 5.72. The summed E-state index contributed by atoms with van der Waals surface area (Å²) in [5.41, 5.74) is 1.29. The van der Waals surface area contributed by atoms with E-state index in [0.29, 0.717) is 0 Å². The second kappa shape index (κ2) is 7.02. The Morgan fingerprint density at radius 3 is 3.05 bits per heavy atom. The van der Waals surface area contributed by atoms with Crippen LogP contribution in [0, 0.1) is 0 Å². The van der Waals surface area contributed by atoms with Crippen molar-refractivity contribution >= 4 is 5.96 Å². The topological polar surface area (TPSA) is 36.9 Å². The molecule has 0 unspecified atom stereocenters. The summed E-state index contributed by atoms with van der Waals surface area (Å²) < 4.78 is 5.64. The summed E-state index contributed by atoms with van der Waals surface area (Å²) in [5.74, 6) is 1.98. The highest BCUT2D eigenvalue weighted by Crippen LogP contribution is 2.13. The third-order valence-electron chi connectivity index (χ3n) is 3.13. The zero-order valence-electron chi connectivity index (χ0n) is 11.9. The number of guanidine groups is 1. The predicted octanol–water partition coefficient (Wildman–Crippen LogP) is 1.91. The molecule has 0 bridgehead atoms. The third kappa shape index (κ3) is 4.16. The predicted molar refractivity (Wildman–Crippen MR) is 78.9 cm³/mol. The van der Waals surface area contributed by atoms with Crippen LogP contribution < -0.4 is 10.1 Å². The zero-order chi connectivity index (χ0) is 13.5. The molecule has 19 heavy (non-hydrogen) atoms. The van der Waals surface area contributed by atoms with Gasteiger partial charge in [-0.15, -0.1) is 0 Å². The average molecular weight is 261 g/mol. The number of rotatable bonds is 6. The molecule has 0 radical (unpaired) electrons. The molecule has 104 valence electrons. The fraction of sp³-hybridized carbons (Fsp3) is 0.533. The summed E-state index contributed by atoms with van der Waals surface area (Å²) in [4.78, 5) is 6.57. The number of hydrogen-bond donors (Lipinski definition) is 1. The van der Waals surface area contributed by atoms with Gasteiger partial charge in [-0.25, -0.2) is 0 Å². The lowest BCUT2D eigenvalue weighted by atomic mass is 10.1. The van der Waals surface area contributed by atoms with Gasteiger partial charge in [-0.1, -0.05) is 19.1 Å². The van der Waals surface area contributed by atoms with Crippen molar-refractivity contribution in [3.63, 3.8) is 0 Å². The Bertz CT molecular complexity index is 431. The largest absolute Gasteiger partial charge is 0.494 e. The molecule has 0 atom stereocenters. The van der Waals surface area contributed by atoms with E-state index in [4.69, 9.17) is 4.74 Å². The van der Waals surface area contributed by atoms with E-state index >= 15 is 0 Å². The van der Waals surface area contributed by atoms with Crippen LogP contribution in [-0.4, -0.2) is 44.1 Å². The molecule has 0 fully saturated rings. The van der Waals surface area contributed by atoms with Crippen molar-refractivity contribution in [2.75, 3.05) is 33.3 Å². The first kappa shape index (κ1) is 13.7. The molecule has 0 saturated heterocycles. The van der Waals surface area contributed by atoms with Crippen LogP contribution in [0.25, 0.3) is 0 Å². The van der Waals surface area contributed by atoms with E-state index in [9.17, 15) is 0 Å². The zero-order valence-corrected chi connectivity index (χ0v) is 11.9. The van der Waals surface area contributed by atoms with Gasteiger partial charge in [-0.3, -0.25) is 4.99 Å². The number of hydrogen-bond acceptors (Lipinski definition) is 4. The molecule has 0 aliphatic carbocycles. The smallest absolute Gasteiger partial charge is 0.193 e. The van der Waals surface area contributed by atoms with Gasteiger partial charge < -0.3 is 15.0 Å². The summed E-state index contributed by atoms with van der Waals surface area (Å²) in [6, 6.07) is 8.33. The molecule has 2 rings (SSSR count). The van der Waals surface area contributed by atoms with E-state index in [2.05, 4.69) is 47.4 Å². The molecule has 1 aromatic rings. The lowest BCUT2D eigenvalue weighted by molar-refractivity contribution is 0.317. The molecule has 1 aliphatic rings. The van der Waals surface area contributed by atoms with Crippen molar-refractivity contribution in [1.29, 1.82) is 0 Å². The Balaban J connectivity index is 1.79. The van der Waals surface area contributed by atoms with Gasteiger partial charge in [0.05, 0.1) is 13.2 Å². The molecule has 1 aliphatic heterocycles. The van der Waals surface area contributed by atoms with Crippen LogP contribution in [0.2, 0.25) is 0 Å². The number of ether oxygens (including phenoxy) is 1. The van der Waals surface area contributed by atoms with Crippen molar-refractivity contribution in [2.24, 2.45) is 4.99 Å². The molecular formula is C15H23N3O. The van der Waals surface area contributed by atoms with Crippen LogP contribution in [0.1, 0.15) is 18.9 Å². The standard InChI is InChI=1S/C15H23N3O/c1-3-11-19-14-6-4-5-13(12-14)7-8-16-15-17-9-10-18(15)2/h4-6,12H,3,7-11H2,1-2H3,(H,16,17). The van der Waals surface area contributed by atoms with Gasteiger partial charge in [0.15, 0.2) is 5.96 Å². The SMILES string of the molecule is CCCOc1cccc(CCNC2=NCCN2C)c1. The lowest BCUT2D eigenvalue weighted by Crippen LogP contribution is -2.36. The molecule has 0 amide bonds. The van der Waals surface area contributed by atoms with Crippen LogP contribution in [0.5, 0.6) is 5.75 Å². The van der Waals surface area contributed by atoms with Crippen molar-refractivity contribution < 1.29 is 4.74 Å². The van der Waals surface area contributed by atoms with Crippen LogP contribution in [0.4, 0.5) is 0 Å². The van der Waals surface area contributed by atoms with E-state index in [1.54, 1.807) is 0 Å². The van der Waals surface area contributed by atoms with Crippen LogP contribution >= 0.6 is 0 Å². The lowest BCUT2D eigenvalue weighted by Gasteiger charge is -2.15.